The van der Waals surface area contributed by atoms with Gasteiger partial charge in [0.05, 0.1) is 11.1 Å². The molecule has 4 rings (SSSR count). The van der Waals surface area contributed by atoms with Gasteiger partial charge in [0.2, 0.25) is 5.88 Å². The van der Waals surface area contributed by atoms with E-state index in [4.69, 9.17) is 9.47 Å². The summed E-state index contributed by atoms with van der Waals surface area (Å²) in [5.74, 6) is 0.457. The molecule has 0 bridgehead atoms. The number of halogens is 1. The Labute approximate surface area is 150 Å². The quantitative estimate of drug-likeness (QED) is 0.624. The van der Waals surface area contributed by atoms with Gasteiger partial charge in [0, 0.05) is 15.9 Å². The minimum absolute atomic E-state index is 0.173. The molecule has 0 unspecified atom stereocenters. The van der Waals surface area contributed by atoms with Gasteiger partial charge in [-0.25, -0.2) is 0 Å². The molecule has 0 saturated carbocycles. The number of H-pyrrole nitrogens is 1. The molecule has 7 nitrogen and oxygen atoms in total. The number of azo groups is 1. The first-order valence-corrected chi connectivity index (χ1v) is 8.27. The van der Waals surface area contributed by atoms with Crippen LogP contribution >= 0.6 is 15.9 Å². The summed E-state index contributed by atoms with van der Waals surface area (Å²) in [4.78, 5) is 15.0. The summed E-state index contributed by atoms with van der Waals surface area (Å²) in [6.07, 6.45) is 0. The van der Waals surface area contributed by atoms with E-state index < -0.39 is 5.91 Å². The Balaban J connectivity index is 1.73. The van der Waals surface area contributed by atoms with Crippen molar-refractivity contribution in [1.29, 1.82) is 0 Å². The van der Waals surface area contributed by atoms with Crippen LogP contribution in [0.25, 0.3) is 10.9 Å². The average Bonchev–Trinajstić information content (AvgIpc) is 2.92. The van der Waals surface area contributed by atoms with Crippen LogP contribution in [0.2, 0.25) is 0 Å². The number of amides is 1. The minimum atomic E-state index is -0.515. The number of nitrogens with one attached hydrogen (secondary N) is 1. The Morgan fingerprint density at radius 1 is 1.16 bits per heavy atom. The predicted octanol–water partition coefficient (Wildman–Crippen LogP) is 4.33. The number of carbonyl (C=O) groups excluding carboxylic acids is 1. The third kappa shape index (κ3) is 2.85. The highest BCUT2D eigenvalue weighted by Gasteiger charge is 2.18. The van der Waals surface area contributed by atoms with Crippen LogP contribution < -0.4 is 9.47 Å². The van der Waals surface area contributed by atoms with Crippen LogP contribution in [-0.4, -0.2) is 29.2 Å². The summed E-state index contributed by atoms with van der Waals surface area (Å²) in [6.45, 7) is 0.921. The second-order valence-electron chi connectivity index (χ2n) is 5.35. The maximum atomic E-state index is 12.2. The predicted molar refractivity (Wildman–Crippen MR) is 93.9 cm³/mol. The molecule has 2 aromatic carbocycles. The molecule has 0 radical (unpaired) electrons. The van der Waals surface area contributed by atoms with Crippen LogP contribution in [0.5, 0.6) is 17.4 Å². The monoisotopic (exact) mass is 401 g/mol. The summed E-state index contributed by atoms with van der Waals surface area (Å²) in [5, 5.41) is 18.4. The van der Waals surface area contributed by atoms with Crippen LogP contribution in [0.1, 0.15) is 10.4 Å². The van der Waals surface area contributed by atoms with Gasteiger partial charge < -0.3 is 19.6 Å². The Morgan fingerprint density at radius 3 is 2.64 bits per heavy atom. The van der Waals surface area contributed by atoms with Gasteiger partial charge in [-0.1, -0.05) is 12.1 Å². The van der Waals surface area contributed by atoms with Crippen LogP contribution in [0, 0.1) is 0 Å². The van der Waals surface area contributed by atoms with Crippen LogP contribution in [0.15, 0.2) is 51.1 Å². The van der Waals surface area contributed by atoms with Crippen molar-refractivity contribution in [2.45, 2.75) is 0 Å². The Bertz CT molecular complexity index is 1010. The van der Waals surface area contributed by atoms with Crippen LogP contribution in [-0.2, 0) is 0 Å². The second-order valence-corrected chi connectivity index (χ2v) is 6.20. The molecule has 0 saturated heterocycles. The number of aromatic nitrogens is 1. The van der Waals surface area contributed by atoms with Crippen molar-refractivity contribution in [2.24, 2.45) is 10.2 Å². The zero-order chi connectivity index (χ0) is 17.4. The smallest absolute Gasteiger partial charge is 0.296 e. The fourth-order valence-corrected chi connectivity index (χ4v) is 3.04. The minimum Gasteiger partial charge on any atom is -0.493 e. The van der Waals surface area contributed by atoms with Gasteiger partial charge in [-0.15, -0.1) is 10.2 Å². The van der Waals surface area contributed by atoms with Gasteiger partial charge >= 0.3 is 0 Å². The number of aromatic amines is 1. The van der Waals surface area contributed by atoms with E-state index in [1.54, 1.807) is 36.4 Å². The molecule has 1 aliphatic heterocycles. The van der Waals surface area contributed by atoms with E-state index in [0.717, 1.165) is 0 Å². The highest BCUT2D eigenvalue weighted by atomic mass is 79.9. The molecule has 1 aliphatic rings. The zero-order valence-corrected chi connectivity index (χ0v) is 14.4. The summed E-state index contributed by atoms with van der Waals surface area (Å²) in [7, 11) is 0. The molecule has 3 aromatic rings. The molecule has 1 aromatic heterocycles. The zero-order valence-electron chi connectivity index (χ0n) is 12.8. The van der Waals surface area contributed by atoms with Crippen molar-refractivity contribution in [3.8, 4) is 17.4 Å². The number of ether oxygens (including phenoxy) is 2. The van der Waals surface area contributed by atoms with Crippen molar-refractivity contribution in [3.05, 3.63) is 46.4 Å². The number of carbonyl (C=O) groups is 1. The summed E-state index contributed by atoms with van der Waals surface area (Å²) in [5.41, 5.74) is 1.18. The number of rotatable bonds is 2. The molecular formula is C17H12BrN3O4. The van der Waals surface area contributed by atoms with Crippen LogP contribution in [0.3, 0.4) is 0 Å². The largest absolute Gasteiger partial charge is 0.493 e. The van der Waals surface area contributed by atoms with Gasteiger partial charge in [0.1, 0.15) is 13.2 Å². The van der Waals surface area contributed by atoms with E-state index in [2.05, 4.69) is 31.1 Å². The molecule has 2 heterocycles. The molecule has 1 amide bonds. The van der Waals surface area contributed by atoms with E-state index >= 15 is 0 Å². The Morgan fingerprint density at radius 2 is 1.88 bits per heavy atom. The van der Waals surface area contributed by atoms with Crippen molar-refractivity contribution in [1.82, 2.24) is 4.98 Å². The lowest BCUT2D eigenvalue weighted by Gasteiger charge is -2.17. The molecule has 0 spiro atoms. The van der Waals surface area contributed by atoms with Crippen molar-refractivity contribution >= 4 is 38.4 Å². The summed E-state index contributed by atoms with van der Waals surface area (Å²) in [6, 6.07) is 10.3. The molecule has 25 heavy (non-hydrogen) atoms. The van der Waals surface area contributed by atoms with Gasteiger partial charge in [-0.2, -0.15) is 0 Å². The maximum Gasteiger partial charge on any atom is 0.296 e. The first-order chi connectivity index (χ1) is 12.1. The SMILES string of the molecule is O=C(N=Nc1c(O)[nH]c2cc3c(cc12)OCCO3)c1ccccc1Br. The number of benzene rings is 2. The van der Waals surface area contributed by atoms with Gasteiger partial charge in [-0.05, 0) is 34.1 Å². The fraction of sp³-hybridized carbons (Fsp3) is 0.118. The highest BCUT2D eigenvalue weighted by molar-refractivity contribution is 9.10. The lowest BCUT2D eigenvalue weighted by Crippen LogP contribution is -2.15. The van der Waals surface area contributed by atoms with E-state index in [1.165, 1.54) is 0 Å². The lowest BCUT2D eigenvalue weighted by molar-refractivity contribution is 0.0994. The summed E-state index contributed by atoms with van der Waals surface area (Å²) < 4.78 is 11.7. The fourth-order valence-electron chi connectivity index (χ4n) is 2.59. The molecule has 0 atom stereocenters. The molecule has 0 fully saturated rings. The van der Waals surface area contributed by atoms with Gasteiger partial charge in [0.15, 0.2) is 17.2 Å². The number of nitrogens with zero attached hydrogens (tertiary/aromatic N) is 2. The van der Waals surface area contributed by atoms with Crippen molar-refractivity contribution in [2.75, 3.05) is 13.2 Å². The Kier molecular flexibility index (Phi) is 3.89. The van der Waals surface area contributed by atoms with Crippen molar-refractivity contribution in [3.63, 3.8) is 0 Å². The molecule has 0 aliphatic carbocycles. The third-order valence-corrected chi connectivity index (χ3v) is 4.45. The number of aromatic hydroxyl groups is 1. The van der Waals surface area contributed by atoms with E-state index in [0.29, 0.717) is 45.7 Å². The molecule has 8 heteroatoms. The van der Waals surface area contributed by atoms with Gasteiger partial charge in [0.25, 0.3) is 5.91 Å². The highest BCUT2D eigenvalue weighted by Crippen LogP contribution is 2.42. The normalized spacial score (nSPS) is 13.5. The van der Waals surface area contributed by atoms with Crippen molar-refractivity contribution < 1.29 is 19.4 Å². The number of hydrogen-bond acceptors (Lipinski definition) is 5. The standard InChI is InChI=1S/C17H12BrN3O4/c18-11-4-2-1-3-9(11)16(22)21-20-15-10-7-13-14(25-6-5-24-13)8-12(10)19-17(15)23/h1-4,7-8,19,23H,5-6H2. The molecular weight excluding hydrogens is 390 g/mol. The van der Waals surface area contributed by atoms with E-state index in [-0.39, 0.29) is 11.6 Å². The third-order valence-electron chi connectivity index (χ3n) is 3.76. The maximum absolute atomic E-state index is 12.2. The van der Waals surface area contributed by atoms with Gasteiger partial charge in [-0.3, -0.25) is 4.79 Å². The first-order valence-electron chi connectivity index (χ1n) is 7.48. The second kappa shape index (κ2) is 6.21. The van der Waals surface area contributed by atoms with E-state index in [1.807, 2.05) is 0 Å². The average molecular weight is 402 g/mol. The molecule has 2 N–H and O–H groups in total. The first kappa shape index (κ1) is 15.6. The number of fused-ring (bicyclic) bond motifs is 2. The van der Waals surface area contributed by atoms with E-state index in [9.17, 15) is 9.90 Å². The number of hydrogen-bond donors (Lipinski definition) is 2. The summed E-state index contributed by atoms with van der Waals surface area (Å²) >= 11 is 3.30. The topological polar surface area (TPSA) is 96.3 Å². The molecule has 126 valence electrons. The lowest BCUT2D eigenvalue weighted by atomic mass is 10.2. The Hall–Kier alpha value is -2.87. The van der Waals surface area contributed by atoms with Crippen LogP contribution in [0.4, 0.5) is 5.69 Å².